The molecule has 1 saturated heterocycles. The van der Waals surface area contributed by atoms with Crippen molar-refractivity contribution in [2.24, 2.45) is 0 Å². The van der Waals surface area contributed by atoms with Crippen molar-refractivity contribution in [3.05, 3.63) is 42.5 Å². The van der Waals surface area contributed by atoms with Gasteiger partial charge in [-0.1, -0.05) is 6.07 Å². The number of rotatable bonds is 5. The number of carbonyl (C=O) groups is 1. The van der Waals surface area contributed by atoms with Crippen LogP contribution in [0.5, 0.6) is 0 Å². The van der Waals surface area contributed by atoms with Crippen LogP contribution >= 0.6 is 0 Å². The molecule has 1 aliphatic heterocycles. The largest absolute Gasteiger partial charge is 0.386 e. The van der Waals surface area contributed by atoms with E-state index in [2.05, 4.69) is 20.3 Å². The number of likely N-dealkylation sites (N-methyl/N-ethyl adjacent to an activating group) is 1. The summed E-state index contributed by atoms with van der Waals surface area (Å²) in [5.41, 5.74) is -0.609. The zero-order chi connectivity index (χ0) is 17.9. The summed E-state index contributed by atoms with van der Waals surface area (Å²) in [5.74, 6) is 1.28. The smallest absolute Gasteiger partial charge is 0.272 e. The minimum atomic E-state index is -0.982. The highest BCUT2D eigenvalue weighted by Gasteiger charge is 2.38. The summed E-state index contributed by atoms with van der Waals surface area (Å²) in [4.78, 5) is 28.4. The molecule has 8 heteroatoms. The van der Waals surface area contributed by atoms with Crippen LogP contribution in [-0.2, 0) is 0 Å². The molecule has 0 spiro atoms. The Balaban J connectivity index is 1.66. The quantitative estimate of drug-likeness (QED) is 0.823. The van der Waals surface area contributed by atoms with Crippen molar-refractivity contribution in [3.8, 4) is 0 Å². The number of aliphatic hydroxyl groups is 1. The molecule has 2 aromatic rings. The lowest BCUT2D eigenvalue weighted by Crippen LogP contribution is -2.46. The van der Waals surface area contributed by atoms with Crippen molar-refractivity contribution in [1.82, 2.24) is 19.9 Å². The van der Waals surface area contributed by atoms with Gasteiger partial charge in [-0.05, 0) is 18.6 Å². The van der Waals surface area contributed by atoms with E-state index in [4.69, 9.17) is 0 Å². The molecule has 1 fully saturated rings. The fourth-order valence-electron chi connectivity index (χ4n) is 3.04. The van der Waals surface area contributed by atoms with Crippen LogP contribution in [0.25, 0.3) is 0 Å². The van der Waals surface area contributed by atoms with Gasteiger partial charge in [0.25, 0.3) is 5.91 Å². The minimum Gasteiger partial charge on any atom is -0.386 e. The van der Waals surface area contributed by atoms with Gasteiger partial charge in [0.15, 0.2) is 0 Å². The Labute approximate surface area is 146 Å². The predicted octanol–water partition coefficient (Wildman–Crippen LogP) is 0.627. The molecule has 2 N–H and O–H groups in total. The standard InChI is InChI=1S/C17H22N6O2/c1-18-14-9-15(21-12-20-14)23-8-6-17(25,11-23)10-22(2)16(24)13-5-3-4-7-19-13/h3-5,7,9,12,25H,6,8,10-11H2,1-2H3,(H,18,20,21). The van der Waals surface area contributed by atoms with E-state index < -0.39 is 5.60 Å². The number of aromatic nitrogens is 3. The minimum absolute atomic E-state index is 0.202. The van der Waals surface area contributed by atoms with Crippen LogP contribution in [0.15, 0.2) is 36.8 Å². The summed E-state index contributed by atoms with van der Waals surface area (Å²) >= 11 is 0. The maximum absolute atomic E-state index is 12.4. The Bertz CT molecular complexity index is 741. The molecule has 0 aliphatic carbocycles. The second-order valence-corrected chi connectivity index (χ2v) is 6.28. The molecule has 1 unspecified atom stereocenters. The van der Waals surface area contributed by atoms with Gasteiger partial charge in [-0.3, -0.25) is 9.78 Å². The number of nitrogens with zero attached hydrogens (tertiary/aromatic N) is 5. The molecule has 1 amide bonds. The van der Waals surface area contributed by atoms with Gasteiger partial charge in [0.05, 0.1) is 6.54 Å². The van der Waals surface area contributed by atoms with E-state index in [1.165, 1.54) is 11.2 Å². The fourth-order valence-corrected chi connectivity index (χ4v) is 3.04. The Kier molecular flexibility index (Phi) is 4.80. The number of anilines is 2. The Morgan fingerprint density at radius 3 is 2.96 bits per heavy atom. The van der Waals surface area contributed by atoms with Crippen molar-refractivity contribution >= 4 is 17.5 Å². The highest BCUT2D eigenvalue weighted by Crippen LogP contribution is 2.27. The second-order valence-electron chi connectivity index (χ2n) is 6.28. The SMILES string of the molecule is CNc1cc(N2CCC(O)(CN(C)C(=O)c3ccccn3)C2)ncn1. The molecule has 1 aliphatic rings. The maximum atomic E-state index is 12.4. The number of hydrogen-bond donors (Lipinski definition) is 2. The van der Waals surface area contributed by atoms with Gasteiger partial charge < -0.3 is 20.2 Å². The lowest BCUT2D eigenvalue weighted by Gasteiger charge is -2.29. The monoisotopic (exact) mass is 342 g/mol. The molecule has 8 nitrogen and oxygen atoms in total. The fraction of sp³-hybridized carbons (Fsp3) is 0.412. The summed E-state index contributed by atoms with van der Waals surface area (Å²) in [6, 6.07) is 7.05. The Hall–Kier alpha value is -2.74. The summed E-state index contributed by atoms with van der Waals surface area (Å²) in [6.07, 6.45) is 3.64. The number of carbonyl (C=O) groups excluding carboxylic acids is 1. The van der Waals surface area contributed by atoms with Crippen LogP contribution in [0.4, 0.5) is 11.6 Å². The van der Waals surface area contributed by atoms with E-state index in [1.54, 1.807) is 38.5 Å². The van der Waals surface area contributed by atoms with Crippen LogP contribution in [-0.4, -0.2) is 70.2 Å². The lowest BCUT2D eigenvalue weighted by molar-refractivity contribution is 0.0262. The van der Waals surface area contributed by atoms with Crippen LogP contribution in [0.2, 0.25) is 0 Å². The van der Waals surface area contributed by atoms with Gasteiger partial charge in [0.2, 0.25) is 0 Å². The first-order chi connectivity index (χ1) is 12.0. The van der Waals surface area contributed by atoms with Gasteiger partial charge in [0, 0.05) is 39.4 Å². The third-order valence-corrected chi connectivity index (χ3v) is 4.33. The number of β-amino-alcohol motifs (C(OH)–C–C–N with tert-alkyl or cyclic N) is 1. The van der Waals surface area contributed by atoms with Gasteiger partial charge in [-0.2, -0.15) is 0 Å². The summed E-state index contributed by atoms with van der Waals surface area (Å²) < 4.78 is 0. The first kappa shape index (κ1) is 17.1. The molecule has 1 atom stereocenters. The van der Waals surface area contributed by atoms with Gasteiger partial charge in [0.1, 0.15) is 29.3 Å². The molecular weight excluding hydrogens is 320 g/mol. The normalized spacial score (nSPS) is 19.7. The highest BCUT2D eigenvalue weighted by molar-refractivity contribution is 5.92. The topological polar surface area (TPSA) is 94.5 Å². The molecule has 25 heavy (non-hydrogen) atoms. The van der Waals surface area contributed by atoms with Crippen molar-refractivity contribution in [2.75, 3.05) is 43.9 Å². The number of hydrogen-bond acceptors (Lipinski definition) is 7. The molecule has 0 bridgehead atoms. The molecule has 2 aromatic heterocycles. The van der Waals surface area contributed by atoms with E-state index in [9.17, 15) is 9.90 Å². The van der Waals surface area contributed by atoms with E-state index in [1.807, 2.05) is 11.0 Å². The van der Waals surface area contributed by atoms with Crippen molar-refractivity contribution in [1.29, 1.82) is 0 Å². The van der Waals surface area contributed by atoms with Gasteiger partial charge in [-0.25, -0.2) is 9.97 Å². The van der Waals surface area contributed by atoms with Gasteiger partial charge in [-0.15, -0.1) is 0 Å². The molecule has 0 aromatic carbocycles. The summed E-state index contributed by atoms with van der Waals surface area (Å²) in [7, 11) is 3.48. The first-order valence-corrected chi connectivity index (χ1v) is 8.14. The Morgan fingerprint density at radius 2 is 2.24 bits per heavy atom. The average Bonchev–Trinajstić information content (AvgIpc) is 3.03. The van der Waals surface area contributed by atoms with E-state index in [0.717, 1.165) is 11.6 Å². The van der Waals surface area contributed by atoms with Crippen molar-refractivity contribution in [3.63, 3.8) is 0 Å². The molecule has 132 valence electrons. The Morgan fingerprint density at radius 1 is 1.40 bits per heavy atom. The molecular formula is C17H22N6O2. The van der Waals surface area contributed by atoms with Crippen LogP contribution < -0.4 is 10.2 Å². The zero-order valence-corrected chi connectivity index (χ0v) is 14.4. The summed E-state index contributed by atoms with van der Waals surface area (Å²) in [5, 5.41) is 13.9. The van der Waals surface area contributed by atoms with Crippen LogP contribution in [0.1, 0.15) is 16.9 Å². The number of pyridine rings is 1. The third kappa shape index (κ3) is 3.85. The summed E-state index contributed by atoms with van der Waals surface area (Å²) in [6.45, 7) is 1.32. The molecule has 3 rings (SSSR count). The molecule has 0 saturated carbocycles. The first-order valence-electron chi connectivity index (χ1n) is 8.14. The highest BCUT2D eigenvalue weighted by atomic mass is 16.3. The maximum Gasteiger partial charge on any atom is 0.272 e. The number of amides is 1. The van der Waals surface area contributed by atoms with Crippen molar-refractivity contribution in [2.45, 2.75) is 12.0 Å². The predicted molar refractivity (Wildman–Crippen MR) is 94.6 cm³/mol. The van der Waals surface area contributed by atoms with Crippen LogP contribution in [0, 0.1) is 0 Å². The lowest BCUT2D eigenvalue weighted by atomic mass is 10.0. The van der Waals surface area contributed by atoms with E-state index in [0.29, 0.717) is 25.2 Å². The van der Waals surface area contributed by atoms with E-state index >= 15 is 0 Å². The second kappa shape index (κ2) is 7.02. The van der Waals surface area contributed by atoms with Crippen LogP contribution in [0.3, 0.4) is 0 Å². The van der Waals surface area contributed by atoms with E-state index in [-0.39, 0.29) is 12.5 Å². The molecule has 3 heterocycles. The average molecular weight is 342 g/mol. The number of nitrogens with one attached hydrogen (secondary N) is 1. The zero-order valence-electron chi connectivity index (χ0n) is 14.4. The van der Waals surface area contributed by atoms with Gasteiger partial charge >= 0.3 is 0 Å². The third-order valence-electron chi connectivity index (χ3n) is 4.33. The molecule has 0 radical (unpaired) electrons. The van der Waals surface area contributed by atoms with Crippen molar-refractivity contribution < 1.29 is 9.90 Å².